The normalized spacial score (nSPS) is 21.0. The number of fused-ring (bicyclic) bond motifs is 1. The van der Waals surface area contributed by atoms with Crippen molar-refractivity contribution >= 4 is 17.5 Å². The van der Waals surface area contributed by atoms with Crippen LogP contribution in [-0.2, 0) is 16.0 Å². The summed E-state index contributed by atoms with van der Waals surface area (Å²) in [5, 5.41) is 5.92. The first-order chi connectivity index (χ1) is 13.7. The number of nitrogens with one attached hydrogen (secondary N) is 2. The average molecular weight is 378 g/mol. The van der Waals surface area contributed by atoms with Crippen LogP contribution in [0, 0.1) is 0 Å². The van der Waals surface area contributed by atoms with E-state index in [2.05, 4.69) is 34.9 Å². The van der Waals surface area contributed by atoms with E-state index in [9.17, 15) is 9.59 Å². The Morgan fingerprint density at radius 1 is 1.04 bits per heavy atom. The van der Waals surface area contributed by atoms with E-state index in [1.54, 1.807) is 24.3 Å². The molecule has 0 bridgehead atoms. The Morgan fingerprint density at radius 3 is 2.79 bits per heavy atom. The summed E-state index contributed by atoms with van der Waals surface area (Å²) < 4.78 is 5.41. The van der Waals surface area contributed by atoms with Crippen LogP contribution in [0.4, 0.5) is 5.69 Å². The SMILES string of the molecule is O=C(NCC1CCCc2ccccc21)c1cccc(NC(=O)C2CCCO2)c1. The van der Waals surface area contributed by atoms with Gasteiger partial charge in [0.05, 0.1) is 0 Å². The van der Waals surface area contributed by atoms with Crippen molar-refractivity contribution in [3.8, 4) is 0 Å². The molecule has 2 aliphatic rings. The van der Waals surface area contributed by atoms with Crippen molar-refractivity contribution in [2.45, 2.75) is 44.1 Å². The molecule has 4 rings (SSSR count). The third-order valence-electron chi connectivity index (χ3n) is 5.62. The second-order valence-electron chi connectivity index (χ2n) is 7.57. The topological polar surface area (TPSA) is 67.4 Å². The van der Waals surface area contributed by atoms with Gasteiger partial charge in [0.25, 0.3) is 11.8 Å². The van der Waals surface area contributed by atoms with Crippen LogP contribution in [0.25, 0.3) is 0 Å². The molecule has 0 saturated carbocycles. The fourth-order valence-corrected chi connectivity index (χ4v) is 4.13. The van der Waals surface area contributed by atoms with Gasteiger partial charge in [0.2, 0.25) is 0 Å². The second kappa shape index (κ2) is 8.57. The molecule has 5 heteroatoms. The average Bonchev–Trinajstić information content (AvgIpc) is 3.27. The molecular weight excluding hydrogens is 352 g/mol. The molecule has 0 spiro atoms. The van der Waals surface area contributed by atoms with E-state index in [-0.39, 0.29) is 17.9 Å². The summed E-state index contributed by atoms with van der Waals surface area (Å²) in [6, 6.07) is 15.6. The number of hydrogen-bond donors (Lipinski definition) is 2. The van der Waals surface area contributed by atoms with Gasteiger partial charge < -0.3 is 15.4 Å². The Bertz CT molecular complexity index is 858. The molecule has 1 saturated heterocycles. The maximum absolute atomic E-state index is 12.6. The summed E-state index contributed by atoms with van der Waals surface area (Å²) in [7, 11) is 0. The van der Waals surface area contributed by atoms with Crippen LogP contribution in [0.1, 0.15) is 53.1 Å². The van der Waals surface area contributed by atoms with Crippen LogP contribution in [0.3, 0.4) is 0 Å². The molecule has 1 heterocycles. The van der Waals surface area contributed by atoms with Crippen molar-refractivity contribution in [1.82, 2.24) is 5.32 Å². The monoisotopic (exact) mass is 378 g/mol. The Hall–Kier alpha value is -2.66. The molecule has 2 aromatic carbocycles. The maximum Gasteiger partial charge on any atom is 0.253 e. The number of carbonyl (C=O) groups is 2. The number of benzene rings is 2. The molecule has 0 radical (unpaired) electrons. The Morgan fingerprint density at radius 2 is 1.93 bits per heavy atom. The molecule has 1 aliphatic heterocycles. The molecule has 2 amide bonds. The standard InChI is InChI=1S/C23H26N2O3/c26-22(24-15-18-9-3-7-16-6-1-2-11-20(16)18)17-8-4-10-19(14-17)25-23(27)21-12-5-13-28-21/h1-2,4,6,8,10-11,14,18,21H,3,5,7,9,12-13,15H2,(H,24,26)(H,25,27). The predicted octanol–water partition coefficient (Wildman–Crippen LogP) is 3.65. The van der Waals surface area contributed by atoms with Crippen molar-refractivity contribution in [1.29, 1.82) is 0 Å². The van der Waals surface area contributed by atoms with Crippen molar-refractivity contribution in [3.63, 3.8) is 0 Å². The summed E-state index contributed by atoms with van der Waals surface area (Å²) in [5.74, 6) is 0.0986. The van der Waals surface area contributed by atoms with Gasteiger partial charge in [0.1, 0.15) is 6.10 Å². The highest BCUT2D eigenvalue weighted by atomic mass is 16.5. The minimum Gasteiger partial charge on any atom is -0.368 e. The smallest absolute Gasteiger partial charge is 0.253 e. The largest absolute Gasteiger partial charge is 0.368 e. The summed E-state index contributed by atoms with van der Waals surface area (Å²) in [6.45, 7) is 1.26. The molecule has 28 heavy (non-hydrogen) atoms. The summed E-state index contributed by atoms with van der Waals surface area (Å²) in [4.78, 5) is 24.9. The molecule has 2 N–H and O–H groups in total. The second-order valence-corrected chi connectivity index (χ2v) is 7.57. The lowest BCUT2D eigenvalue weighted by atomic mass is 9.83. The van der Waals surface area contributed by atoms with Crippen LogP contribution in [-0.4, -0.2) is 31.1 Å². The van der Waals surface area contributed by atoms with Crippen molar-refractivity contribution < 1.29 is 14.3 Å². The summed E-state index contributed by atoms with van der Waals surface area (Å²) in [5.41, 5.74) is 3.92. The van der Waals surface area contributed by atoms with Gasteiger partial charge in [-0.3, -0.25) is 9.59 Å². The third-order valence-corrected chi connectivity index (χ3v) is 5.62. The number of rotatable bonds is 5. The van der Waals surface area contributed by atoms with Gasteiger partial charge in [-0.1, -0.05) is 30.3 Å². The number of ether oxygens (including phenoxy) is 1. The van der Waals surface area contributed by atoms with E-state index in [0.29, 0.717) is 30.3 Å². The number of hydrogen-bond acceptors (Lipinski definition) is 3. The Kier molecular flexibility index (Phi) is 5.72. The zero-order chi connectivity index (χ0) is 19.3. The van der Waals surface area contributed by atoms with E-state index in [1.807, 2.05) is 0 Å². The molecule has 146 valence electrons. The van der Waals surface area contributed by atoms with Crippen LogP contribution < -0.4 is 10.6 Å². The quantitative estimate of drug-likeness (QED) is 0.834. The van der Waals surface area contributed by atoms with E-state index < -0.39 is 0 Å². The lowest BCUT2D eigenvalue weighted by Gasteiger charge is -2.25. The number of anilines is 1. The van der Waals surface area contributed by atoms with Crippen molar-refractivity contribution in [3.05, 3.63) is 65.2 Å². The zero-order valence-corrected chi connectivity index (χ0v) is 15.9. The third kappa shape index (κ3) is 4.25. The molecular formula is C23H26N2O3. The number of aryl methyl sites for hydroxylation is 1. The van der Waals surface area contributed by atoms with Crippen LogP contribution in [0.15, 0.2) is 48.5 Å². The molecule has 1 fully saturated rings. The first-order valence-electron chi connectivity index (χ1n) is 10.1. The molecule has 2 atom stereocenters. The van der Waals surface area contributed by atoms with Gasteiger partial charge in [-0.05, 0) is 61.4 Å². The number of amides is 2. The molecule has 0 aromatic heterocycles. The lowest BCUT2D eigenvalue weighted by molar-refractivity contribution is -0.124. The predicted molar refractivity (Wildman–Crippen MR) is 108 cm³/mol. The zero-order valence-electron chi connectivity index (χ0n) is 15.9. The maximum atomic E-state index is 12.6. The van der Waals surface area contributed by atoms with Crippen LogP contribution >= 0.6 is 0 Å². The van der Waals surface area contributed by atoms with Gasteiger partial charge >= 0.3 is 0 Å². The minimum atomic E-state index is -0.385. The Labute approximate surface area is 165 Å². The van der Waals surface area contributed by atoms with E-state index >= 15 is 0 Å². The van der Waals surface area contributed by atoms with Crippen molar-refractivity contribution in [2.75, 3.05) is 18.5 Å². The lowest BCUT2D eigenvalue weighted by Crippen LogP contribution is -2.30. The van der Waals surface area contributed by atoms with Gasteiger partial charge in [0, 0.05) is 30.3 Å². The van der Waals surface area contributed by atoms with Gasteiger partial charge in [0.15, 0.2) is 0 Å². The van der Waals surface area contributed by atoms with E-state index in [4.69, 9.17) is 4.74 Å². The van der Waals surface area contributed by atoms with Crippen LogP contribution in [0.5, 0.6) is 0 Å². The minimum absolute atomic E-state index is 0.115. The highest BCUT2D eigenvalue weighted by Crippen LogP contribution is 2.30. The summed E-state index contributed by atoms with van der Waals surface area (Å²) in [6.07, 6.45) is 4.63. The molecule has 2 unspecified atom stereocenters. The highest BCUT2D eigenvalue weighted by molar-refractivity contribution is 5.98. The molecule has 2 aromatic rings. The Balaban J connectivity index is 1.37. The van der Waals surface area contributed by atoms with Crippen LogP contribution in [0.2, 0.25) is 0 Å². The first-order valence-corrected chi connectivity index (χ1v) is 10.1. The van der Waals surface area contributed by atoms with E-state index in [0.717, 1.165) is 32.1 Å². The number of carbonyl (C=O) groups excluding carboxylic acids is 2. The van der Waals surface area contributed by atoms with Gasteiger partial charge in [-0.25, -0.2) is 0 Å². The van der Waals surface area contributed by atoms with Gasteiger partial charge in [-0.15, -0.1) is 0 Å². The molecule has 1 aliphatic carbocycles. The first kappa shape index (κ1) is 18.7. The fraction of sp³-hybridized carbons (Fsp3) is 0.391. The van der Waals surface area contributed by atoms with Gasteiger partial charge in [-0.2, -0.15) is 0 Å². The van der Waals surface area contributed by atoms with E-state index in [1.165, 1.54) is 11.1 Å². The summed E-state index contributed by atoms with van der Waals surface area (Å²) >= 11 is 0. The van der Waals surface area contributed by atoms with Crippen molar-refractivity contribution in [2.24, 2.45) is 0 Å². The fourth-order valence-electron chi connectivity index (χ4n) is 4.13. The molecule has 5 nitrogen and oxygen atoms in total. The highest BCUT2D eigenvalue weighted by Gasteiger charge is 2.24.